The van der Waals surface area contributed by atoms with Gasteiger partial charge in [-0.2, -0.15) is 4.98 Å². The van der Waals surface area contributed by atoms with E-state index in [0.29, 0.717) is 30.6 Å². The predicted molar refractivity (Wildman–Crippen MR) is 113 cm³/mol. The van der Waals surface area contributed by atoms with Crippen LogP contribution in [0.1, 0.15) is 16.8 Å². The van der Waals surface area contributed by atoms with Gasteiger partial charge >= 0.3 is 0 Å². The van der Waals surface area contributed by atoms with Crippen LogP contribution in [0.25, 0.3) is 11.6 Å². The number of morpholine rings is 1. The van der Waals surface area contributed by atoms with Crippen LogP contribution in [0.3, 0.4) is 0 Å². The van der Waals surface area contributed by atoms with Crippen LogP contribution in [0, 0.1) is 0 Å². The molecule has 29 heavy (non-hydrogen) atoms. The number of imidazole rings is 1. The van der Waals surface area contributed by atoms with Gasteiger partial charge in [-0.05, 0) is 23.8 Å². The highest BCUT2D eigenvalue weighted by molar-refractivity contribution is 6.20. The zero-order chi connectivity index (χ0) is 19.6. The topological polar surface area (TPSA) is 86.6 Å². The molecule has 146 valence electrons. The molecule has 2 aromatic heterocycles. The molecule has 7 heteroatoms. The van der Waals surface area contributed by atoms with Crippen molar-refractivity contribution in [2.24, 2.45) is 4.99 Å². The minimum atomic E-state index is -0.0238. The average molecular weight is 387 g/mol. The van der Waals surface area contributed by atoms with Crippen LogP contribution in [0.2, 0.25) is 0 Å². The fourth-order valence-corrected chi connectivity index (χ4v) is 3.72. The summed E-state index contributed by atoms with van der Waals surface area (Å²) in [6.45, 7) is 2.07. The third kappa shape index (κ3) is 3.64. The Balaban J connectivity index is 1.34. The van der Waals surface area contributed by atoms with Gasteiger partial charge in [-0.15, -0.1) is 0 Å². The average Bonchev–Trinajstić information content (AvgIpc) is 3.33. The first-order valence-corrected chi connectivity index (χ1v) is 9.67. The summed E-state index contributed by atoms with van der Waals surface area (Å²) < 4.78 is 5.94. The lowest BCUT2D eigenvalue weighted by Crippen LogP contribution is -2.44. The Morgan fingerprint density at radius 1 is 1.21 bits per heavy atom. The summed E-state index contributed by atoms with van der Waals surface area (Å²) >= 11 is 0. The number of hydrogen-bond acceptors (Lipinski definition) is 6. The quantitative estimate of drug-likeness (QED) is 0.718. The largest absolute Gasteiger partial charge is 0.492 e. The molecule has 2 aliphatic rings. The summed E-state index contributed by atoms with van der Waals surface area (Å²) in [7, 11) is 0. The van der Waals surface area contributed by atoms with Crippen LogP contribution in [0.5, 0.6) is 5.88 Å². The maximum Gasteiger partial charge on any atom is 0.238 e. The number of rotatable bonds is 4. The number of benzene rings is 1. The Bertz CT molecular complexity index is 1070. The lowest BCUT2D eigenvalue weighted by atomic mass is 10.1. The van der Waals surface area contributed by atoms with E-state index in [2.05, 4.69) is 37.0 Å². The number of nitrogens with zero attached hydrogens (tertiary/aromatic N) is 4. The highest BCUT2D eigenvalue weighted by atomic mass is 16.5. The first-order valence-electron chi connectivity index (χ1n) is 9.67. The van der Waals surface area contributed by atoms with Gasteiger partial charge in [0.2, 0.25) is 11.8 Å². The number of pyridine rings is 1. The maximum atomic E-state index is 10.4. The number of aliphatic imine (C=N–C) groups is 1. The smallest absolute Gasteiger partial charge is 0.238 e. The number of ether oxygens (including phenoxy) is 1. The number of aromatic hydroxyl groups is 1. The molecule has 0 saturated carbocycles. The Labute approximate surface area is 168 Å². The normalized spacial score (nSPS) is 19.7. The van der Waals surface area contributed by atoms with Gasteiger partial charge in [0.1, 0.15) is 5.69 Å². The Hall–Kier alpha value is -3.45. The van der Waals surface area contributed by atoms with Gasteiger partial charge in [0.15, 0.2) is 5.82 Å². The molecule has 0 bridgehead atoms. The summed E-state index contributed by atoms with van der Waals surface area (Å²) in [5.41, 5.74) is 3.64. The van der Waals surface area contributed by atoms with Crippen molar-refractivity contribution < 1.29 is 9.84 Å². The molecule has 0 radical (unpaired) electrons. The van der Waals surface area contributed by atoms with E-state index < -0.39 is 0 Å². The Kier molecular flexibility index (Phi) is 4.57. The van der Waals surface area contributed by atoms with Crippen LogP contribution >= 0.6 is 0 Å². The molecule has 0 spiro atoms. The van der Waals surface area contributed by atoms with Crippen LogP contribution in [0.4, 0.5) is 11.8 Å². The zero-order valence-corrected chi connectivity index (χ0v) is 15.8. The van der Waals surface area contributed by atoms with E-state index in [-0.39, 0.29) is 12.0 Å². The number of fused-ring (bicyclic) bond motifs is 1. The highest BCUT2D eigenvalue weighted by Crippen LogP contribution is 2.32. The molecule has 1 saturated heterocycles. The minimum absolute atomic E-state index is 0.0238. The first-order chi connectivity index (χ1) is 14.3. The number of H-pyrrole nitrogens is 1. The van der Waals surface area contributed by atoms with Crippen molar-refractivity contribution in [3.05, 3.63) is 65.5 Å². The molecule has 2 aliphatic heterocycles. The van der Waals surface area contributed by atoms with Gasteiger partial charge in [0.05, 0.1) is 12.7 Å². The third-order valence-electron chi connectivity index (χ3n) is 5.17. The van der Waals surface area contributed by atoms with Crippen molar-refractivity contribution >= 4 is 29.6 Å². The SMILES string of the molecule is Oc1nc(N2CCO[C@H](Cc3ccccc3)C2)[nH]c1C=C1C=Nc2ncccc21. The van der Waals surface area contributed by atoms with Gasteiger partial charge < -0.3 is 19.7 Å². The van der Waals surface area contributed by atoms with Crippen molar-refractivity contribution in [2.75, 3.05) is 24.6 Å². The fraction of sp³-hybridized carbons (Fsp3) is 0.227. The summed E-state index contributed by atoms with van der Waals surface area (Å²) in [5, 5.41) is 10.4. The van der Waals surface area contributed by atoms with Crippen molar-refractivity contribution in [3.63, 3.8) is 0 Å². The molecule has 0 aliphatic carbocycles. The molecule has 1 atom stereocenters. The number of aromatic amines is 1. The lowest BCUT2D eigenvalue weighted by molar-refractivity contribution is 0.0405. The van der Waals surface area contributed by atoms with E-state index >= 15 is 0 Å². The molecule has 1 aromatic carbocycles. The summed E-state index contributed by atoms with van der Waals surface area (Å²) in [4.78, 5) is 18.3. The van der Waals surface area contributed by atoms with Gasteiger partial charge in [-0.1, -0.05) is 30.3 Å². The number of allylic oxidation sites excluding steroid dienone is 1. The monoisotopic (exact) mass is 387 g/mol. The molecular formula is C22H21N5O2. The molecule has 7 nitrogen and oxygen atoms in total. The van der Waals surface area contributed by atoms with Crippen LogP contribution in [0.15, 0.2) is 53.7 Å². The van der Waals surface area contributed by atoms with Gasteiger partial charge in [0, 0.05) is 43.1 Å². The van der Waals surface area contributed by atoms with E-state index in [1.54, 1.807) is 12.4 Å². The lowest BCUT2D eigenvalue weighted by Gasteiger charge is -2.32. The van der Waals surface area contributed by atoms with Gasteiger partial charge in [-0.25, -0.2) is 9.98 Å². The van der Waals surface area contributed by atoms with E-state index in [1.165, 1.54) is 5.56 Å². The zero-order valence-electron chi connectivity index (χ0n) is 15.8. The van der Waals surface area contributed by atoms with Crippen LogP contribution < -0.4 is 4.90 Å². The molecule has 0 amide bonds. The van der Waals surface area contributed by atoms with Gasteiger partial charge in [0.25, 0.3) is 0 Å². The van der Waals surface area contributed by atoms with Crippen molar-refractivity contribution in [2.45, 2.75) is 12.5 Å². The predicted octanol–water partition coefficient (Wildman–Crippen LogP) is 3.21. The van der Waals surface area contributed by atoms with E-state index in [1.807, 2.05) is 36.4 Å². The van der Waals surface area contributed by atoms with Crippen molar-refractivity contribution in [1.82, 2.24) is 15.0 Å². The molecule has 1 fully saturated rings. The minimum Gasteiger partial charge on any atom is -0.492 e. The first kappa shape index (κ1) is 17.6. The number of aromatic nitrogens is 3. The number of hydrogen-bond donors (Lipinski definition) is 2. The Morgan fingerprint density at radius 2 is 2.10 bits per heavy atom. The molecule has 4 heterocycles. The summed E-state index contributed by atoms with van der Waals surface area (Å²) in [5.74, 6) is 1.32. The molecule has 2 N–H and O–H groups in total. The molecular weight excluding hydrogens is 366 g/mol. The second-order valence-electron chi connectivity index (χ2n) is 7.16. The highest BCUT2D eigenvalue weighted by Gasteiger charge is 2.24. The number of nitrogens with one attached hydrogen (secondary N) is 1. The summed E-state index contributed by atoms with van der Waals surface area (Å²) in [6, 6.07) is 14.2. The molecule has 3 aromatic rings. The Morgan fingerprint density at radius 3 is 3.00 bits per heavy atom. The van der Waals surface area contributed by atoms with E-state index in [9.17, 15) is 5.11 Å². The van der Waals surface area contributed by atoms with E-state index in [4.69, 9.17) is 4.74 Å². The van der Waals surface area contributed by atoms with Crippen LogP contribution in [-0.2, 0) is 11.2 Å². The van der Waals surface area contributed by atoms with Crippen molar-refractivity contribution in [1.29, 1.82) is 0 Å². The fourth-order valence-electron chi connectivity index (χ4n) is 3.72. The second-order valence-corrected chi connectivity index (χ2v) is 7.16. The molecule has 0 unspecified atom stereocenters. The van der Waals surface area contributed by atoms with Crippen molar-refractivity contribution in [3.8, 4) is 5.88 Å². The third-order valence-corrected chi connectivity index (χ3v) is 5.17. The molecule has 5 rings (SSSR count). The second kappa shape index (κ2) is 7.52. The van der Waals surface area contributed by atoms with E-state index in [0.717, 1.165) is 24.1 Å². The standard InChI is InChI=1S/C22H21N5O2/c28-21-19(12-16-13-24-20-18(16)7-4-8-23-20)25-22(26-21)27-9-10-29-17(14-27)11-15-5-2-1-3-6-15/h1-8,12-13,17,28H,9-11,14H2,(H,25,26)/t17-/m1/s1. The van der Waals surface area contributed by atoms with Crippen LogP contribution in [-0.4, -0.2) is 52.1 Å². The maximum absolute atomic E-state index is 10.4. The van der Waals surface area contributed by atoms with Gasteiger partial charge in [-0.3, -0.25) is 0 Å². The number of anilines is 1. The summed E-state index contributed by atoms with van der Waals surface area (Å²) in [6.07, 6.45) is 6.25.